The SMILES string of the molecule is CC(C)=CCc1cc(C(=O)O)cc(CCC(C)C(=O)/C=C/C(C)(C)O)c1O. The molecule has 148 valence electrons. The molecule has 1 aromatic rings. The molecule has 5 heteroatoms. The summed E-state index contributed by atoms with van der Waals surface area (Å²) in [5, 5.41) is 29.5. The van der Waals surface area contributed by atoms with Crippen LogP contribution in [0, 0.1) is 5.92 Å². The first-order chi connectivity index (χ1) is 12.4. The summed E-state index contributed by atoms with van der Waals surface area (Å²) < 4.78 is 0. The molecule has 1 rings (SSSR count). The van der Waals surface area contributed by atoms with Crippen molar-refractivity contribution in [2.75, 3.05) is 0 Å². The van der Waals surface area contributed by atoms with E-state index in [-0.39, 0.29) is 23.0 Å². The molecule has 0 fully saturated rings. The summed E-state index contributed by atoms with van der Waals surface area (Å²) in [7, 11) is 0. The Labute approximate surface area is 161 Å². The zero-order valence-electron chi connectivity index (χ0n) is 16.7. The van der Waals surface area contributed by atoms with Gasteiger partial charge in [0.15, 0.2) is 5.78 Å². The number of hydrogen-bond acceptors (Lipinski definition) is 4. The van der Waals surface area contributed by atoms with Crippen molar-refractivity contribution in [3.63, 3.8) is 0 Å². The lowest BCUT2D eigenvalue weighted by Gasteiger charge is -2.14. The van der Waals surface area contributed by atoms with E-state index in [1.165, 1.54) is 24.3 Å². The number of carboxylic acid groups (broad SMARTS) is 1. The van der Waals surface area contributed by atoms with Crippen LogP contribution in [0.3, 0.4) is 0 Å². The number of hydrogen-bond donors (Lipinski definition) is 3. The highest BCUT2D eigenvalue weighted by Gasteiger charge is 2.17. The molecule has 0 saturated carbocycles. The fraction of sp³-hybridized carbons (Fsp3) is 0.455. The second kappa shape index (κ2) is 9.51. The average Bonchev–Trinajstić information content (AvgIpc) is 2.56. The summed E-state index contributed by atoms with van der Waals surface area (Å²) in [6.45, 7) is 8.83. The lowest BCUT2D eigenvalue weighted by atomic mass is 9.93. The minimum absolute atomic E-state index is 0.0872. The zero-order valence-corrected chi connectivity index (χ0v) is 16.7. The number of phenolic OH excluding ortho intramolecular Hbond substituents is 1. The van der Waals surface area contributed by atoms with Crippen molar-refractivity contribution >= 4 is 11.8 Å². The smallest absolute Gasteiger partial charge is 0.335 e. The van der Waals surface area contributed by atoms with Gasteiger partial charge < -0.3 is 15.3 Å². The first-order valence-corrected chi connectivity index (χ1v) is 9.07. The van der Waals surface area contributed by atoms with Crippen LogP contribution in [0.5, 0.6) is 5.75 Å². The second-order valence-electron chi connectivity index (χ2n) is 7.76. The zero-order chi connectivity index (χ0) is 20.8. The van der Waals surface area contributed by atoms with Gasteiger partial charge in [-0.05, 0) is 76.3 Å². The van der Waals surface area contributed by atoms with E-state index in [1.807, 2.05) is 19.9 Å². The number of aromatic hydroxyl groups is 1. The highest BCUT2D eigenvalue weighted by molar-refractivity contribution is 5.91. The largest absolute Gasteiger partial charge is 0.507 e. The summed E-state index contributed by atoms with van der Waals surface area (Å²) in [6.07, 6.45) is 6.05. The van der Waals surface area contributed by atoms with Crippen LogP contribution in [0.25, 0.3) is 0 Å². The third-order valence-corrected chi connectivity index (χ3v) is 4.23. The van der Waals surface area contributed by atoms with Gasteiger partial charge >= 0.3 is 5.97 Å². The van der Waals surface area contributed by atoms with Gasteiger partial charge in [0, 0.05) is 5.92 Å². The van der Waals surface area contributed by atoms with Gasteiger partial charge in [-0.25, -0.2) is 4.79 Å². The van der Waals surface area contributed by atoms with E-state index >= 15 is 0 Å². The Morgan fingerprint density at radius 2 is 1.78 bits per heavy atom. The van der Waals surface area contributed by atoms with Crippen molar-refractivity contribution in [1.82, 2.24) is 0 Å². The minimum atomic E-state index is -1.05. The van der Waals surface area contributed by atoms with Gasteiger partial charge in [0.2, 0.25) is 0 Å². The monoisotopic (exact) mass is 374 g/mol. The van der Waals surface area contributed by atoms with Crippen LogP contribution >= 0.6 is 0 Å². The number of aromatic carboxylic acids is 1. The third kappa shape index (κ3) is 7.79. The standard InChI is InChI=1S/C22H30O5/c1-14(2)6-8-16-12-18(21(25)26)13-17(20(16)24)9-7-15(3)19(23)10-11-22(4,5)27/h6,10-13,15,24,27H,7-9H2,1-5H3,(H,25,26)/b11-10+. The first-order valence-electron chi connectivity index (χ1n) is 9.07. The van der Waals surface area contributed by atoms with Gasteiger partial charge in [-0.15, -0.1) is 0 Å². The number of rotatable bonds is 9. The molecule has 1 aromatic carbocycles. The highest BCUT2D eigenvalue weighted by Crippen LogP contribution is 2.28. The Morgan fingerprint density at radius 3 is 2.30 bits per heavy atom. The molecule has 1 unspecified atom stereocenters. The maximum Gasteiger partial charge on any atom is 0.335 e. The predicted molar refractivity (Wildman–Crippen MR) is 106 cm³/mol. The van der Waals surface area contributed by atoms with Gasteiger partial charge in [0.1, 0.15) is 5.75 Å². The molecule has 0 radical (unpaired) electrons. The van der Waals surface area contributed by atoms with Crippen molar-refractivity contribution in [3.8, 4) is 5.75 Å². The van der Waals surface area contributed by atoms with Crippen molar-refractivity contribution in [2.24, 2.45) is 5.92 Å². The fourth-order valence-electron chi connectivity index (χ4n) is 2.51. The van der Waals surface area contributed by atoms with Gasteiger partial charge in [0.25, 0.3) is 0 Å². The van der Waals surface area contributed by atoms with Crippen LogP contribution in [0.4, 0.5) is 0 Å². The second-order valence-corrected chi connectivity index (χ2v) is 7.76. The first kappa shape index (κ1) is 22.6. The molecule has 0 bridgehead atoms. The summed E-state index contributed by atoms with van der Waals surface area (Å²) in [6, 6.07) is 2.95. The Morgan fingerprint density at radius 1 is 1.19 bits per heavy atom. The molecular weight excluding hydrogens is 344 g/mol. The van der Waals surface area contributed by atoms with E-state index in [9.17, 15) is 24.9 Å². The van der Waals surface area contributed by atoms with Crippen LogP contribution < -0.4 is 0 Å². The topological polar surface area (TPSA) is 94.8 Å². The van der Waals surface area contributed by atoms with Crippen LogP contribution in [0.15, 0.2) is 35.9 Å². The molecule has 27 heavy (non-hydrogen) atoms. The summed E-state index contributed by atoms with van der Waals surface area (Å²) in [5.41, 5.74) is 1.24. The van der Waals surface area contributed by atoms with Gasteiger partial charge in [-0.2, -0.15) is 0 Å². The van der Waals surface area contributed by atoms with Gasteiger partial charge in [-0.3, -0.25) is 4.79 Å². The molecular formula is C22H30O5. The number of aliphatic hydroxyl groups is 1. The molecule has 0 aliphatic heterocycles. The molecule has 0 aliphatic carbocycles. The molecule has 0 aromatic heterocycles. The number of aryl methyl sites for hydroxylation is 1. The van der Waals surface area contributed by atoms with E-state index in [0.717, 1.165) is 5.57 Å². The summed E-state index contributed by atoms with van der Waals surface area (Å²) >= 11 is 0. The lowest BCUT2D eigenvalue weighted by Crippen LogP contribution is -2.16. The molecule has 0 spiro atoms. The molecule has 0 amide bonds. The number of ketones is 1. The minimum Gasteiger partial charge on any atom is -0.507 e. The quantitative estimate of drug-likeness (QED) is 0.447. The number of carbonyl (C=O) groups excluding carboxylic acids is 1. The van der Waals surface area contributed by atoms with E-state index in [1.54, 1.807) is 20.8 Å². The Bertz CT molecular complexity index is 747. The van der Waals surface area contributed by atoms with Crippen LogP contribution in [-0.4, -0.2) is 32.7 Å². The fourth-order valence-corrected chi connectivity index (χ4v) is 2.51. The van der Waals surface area contributed by atoms with E-state index in [4.69, 9.17) is 0 Å². The Kier molecular flexibility index (Phi) is 7.98. The normalized spacial score (nSPS) is 12.8. The van der Waals surface area contributed by atoms with Crippen molar-refractivity contribution in [1.29, 1.82) is 0 Å². The van der Waals surface area contributed by atoms with E-state index in [2.05, 4.69) is 0 Å². The number of carboxylic acids is 1. The van der Waals surface area contributed by atoms with Crippen LogP contribution in [-0.2, 0) is 17.6 Å². The predicted octanol–water partition coefficient (Wildman–Crippen LogP) is 4.06. The highest BCUT2D eigenvalue weighted by atomic mass is 16.4. The number of carbonyl (C=O) groups is 2. The van der Waals surface area contributed by atoms with E-state index in [0.29, 0.717) is 30.4 Å². The molecule has 0 saturated heterocycles. The maximum absolute atomic E-state index is 12.2. The molecule has 1 atom stereocenters. The van der Waals surface area contributed by atoms with Crippen molar-refractivity contribution in [2.45, 2.75) is 59.5 Å². The van der Waals surface area contributed by atoms with Crippen LogP contribution in [0.1, 0.15) is 62.5 Å². The number of benzene rings is 1. The van der Waals surface area contributed by atoms with Gasteiger partial charge in [0.05, 0.1) is 11.2 Å². The average molecular weight is 374 g/mol. The number of allylic oxidation sites excluding steroid dienone is 3. The Balaban J connectivity index is 2.98. The summed E-state index contributed by atoms with van der Waals surface area (Å²) in [5.74, 6) is -1.38. The lowest BCUT2D eigenvalue weighted by molar-refractivity contribution is -0.118. The Hall–Kier alpha value is -2.40. The molecule has 5 nitrogen and oxygen atoms in total. The number of phenols is 1. The van der Waals surface area contributed by atoms with Crippen molar-refractivity contribution < 1.29 is 24.9 Å². The maximum atomic E-state index is 12.2. The third-order valence-electron chi connectivity index (χ3n) is 4.23. The van der Waals surface area contributed by atoms with Crippen molar-refractivity contribution in [3.05, 3.63) is 52.6 Å². The summed E-state index contributed by atoms with van der Waals surface area (Å²) in [4.78, 5) is 23.5. The van der Waals surface area contributed by atoms with Crippen LogP contribution in [0.2, 0.25) is 0 Å². The van der Waals surface area contributed by atoms with Gasteiger partial charge in [-0.1, -0.05) is 24.6 Å². The molecule has 0 aliphatic rings. The molecule has 3 N–H and O–H groups in total. The van der Waals surface area contributed by atoms with E-state index < -0.39 is 11.6 Å². The molecule has 0 heterocycles.